The van der Waals surface area contributed by atoms with Crippen LogP contribution in [0.1, 0.15) is 24.1 Å². The number of pyridine rings is 1. The first-order valence-electron chi connectivity index (χ1n) is 9.77. The van der Waals surface area contributed by atoms with Crippen molar-refractivity contribution < 1.29 is 0 Å². The Morgan fingerprint density at radius 3 is 2.50 bits per heavy atom. The lowest BCUT2D eigenvalue weighted by Gasteiger charge is -2.33. The molecule has 1 aliphatic heterocycles. The van der Waals surface area contributed by atoms with Crippen LogP contribution in [0.25, 0.3) is 0 Å². The summed E-state index contributed by atoms with van der Waals surface area (Å²) >= 11 is 12.3. The van der Waals surface area contributed by atoms with Gasteiger partial charge in [-0.05, 0) is 43.3 Å². The van der Waals surface area contributed by atoms with Crippen molar-refractivity contribution in [3.8, 4) is 0 Å². The van der Waals surface area contributed by atoms with Gasteiger partial charge in [-0.1, -0.05) is 35.3 Å². The zero-order chi connectivity index (χ0) is 20.8. The van der Waals surface area contributed by atoms with E-state index in [0.29, 0.717) is 22.5 Å². The van der Waals surface area contributed by atoms with Crippen LogP contribution in [-0.2, 0) is 6.54 Å². The van der Waals surface area contributed by atoms with Crippen LogP contribution in [0, 0.1) is 0 Å². The van der Waals surface area contributed by atoms with Crippen LogP contribution in [0.15, 0.2) is 41.5 Å². The largest absolute Gasteiger partial charge is 0.354 e. The molecule has 0 aliphatic carbocycles. The van der Waals surface area contributed by atoms with E-state index < -0.39 is 0 Å². The maximum atomic E-state index is 6.31. The van der Waals surface area contributed by atoms with Crippen LogP contribution in [0.4, 0.5) is 5.82 Å². The van der Waals surface area contributed by atoms with E-state index in [1.54, 1.807) is 13.1 Å². The smallest absolute Gasteiger partial charge is 0.191 e. The fourth-order valence-electron chi connectivity index (χ4n) is 3.26. The molecule has 1 unspecified atom stereocenters. The third kappa shape index (κ3) is 6.87. The van der Waals surface area contributed by atoms with Gasteiger partial charge in [-0.2, -0.15) is 0 Å². The lowest BCUT2D eigenvalue weighted by Crippen LogP contribution is -2.44. The summed E-state index contributed by atoms with van der Waals surface area (Å²) in [5, 5.41) is 7.95. The zero-order valence-electron chi connectivity index (χ0n) is 17.5. The number of likely N-dealkylation sites (N-methyl/N-ethyl adjacent to an activating group) is 1. The van der Waals surface area contributed by atoms with Crippen LogP contribution in [0.2, 0.25) is 10.0 Å². The second-order valence-corrected chi connectivity index (χ2v) is 8.12. The summed E-state index contributed by atoms with van der Waals surface area (Å²) in [4.78, 5) is 13.6. The van der Waals surface area contributed by atoms with Gasteiger partial charge in [-0.3, -0.25) is 4.99 Å². The van der Waals surface area contributed by atoms with E-state index in [1.165, 1.54) is 0 Å². The third-order valence-electron chi connectivity index (χ3n) is 5.10. The van der Waals surface area contributed by atoms with Crippen molar-refractivity contribution in [2.24, 2.45) is 4.99 Å². The minimum Gasteiger partial charge on any atom is -0.354 e. The molecule has 164 valence electrons. The minimum absolute atomic E-state index is 0. The Bertz CT molecular complexity index is 838. The molecule has 1 fully saturated rings. The molecule has 1 aromatic heterocycles. The van der Waals surface area contributed by atoms with Gasteiger partial charge in [-0.15, -0.1) is 24.0 Å². The molecule has 0 radical (unpaired) electrons. The maximum absolute atomic E-state index is 6.31. The fourth-order valence-corrected chi connectivity index (χ4v) is 3.83. The third-order valence-corrected chi connectivity index (χ3v) is 5.66. The van der Waals surface area contributed by atoms with Crippen LogP contribution in [0.5, 0.6) is 0 Å². The Morgan fingerprint density at radius 1 is 1.17 bits per heavy atom. The lowest BCUT2D eigenvalue weighted by atomic mass is 10.1. The Balaban J connectivity index is 0.00000320. The van der Waals surface area contributed by atoms with Crippen molar-refractivity contribution in [1.29, 1.82) is 0 Å². The second kappa shape index (κ2) is 11.9. The molecular weight excluding hydrogens is 534 g/mol. The van der Waals surface area contributed by atoms with E-state index in [1.807, 2.05) is 25.3 Å². The Labute approximate surface area is 206 Å². The molecule has 30 heavy (non-hydrogen) atoms. The van der Waals surface area contributed by atoms with Gasteiger partial charge in [0.2, 0.25) is 0 Å². The second-order valence-electron chi connectivity index (χ2n) is 7.27. The number of hydrogen-bond donors (Lipinski definition) is 2. The van der Waals surface area contributed by atoms with E-state index in [0.717, 1.165) is 43.1 Å². The first-order chi connectivity index (χ1) is 14.0. The number of guanidine groups is 1. The van der Waals surface area contributed by atoms with Gasteiger partial charge in [-0.25, -0.2) is 4.98 Å². The van der Waals surface area contributed by atoms with E-state index in [4.69, 9.17) is 23.2 Å². The summed E-state index contributed by atoms with van der Waals surface area (Å²) in [5.41, 5.74) is 2.07. The number of nitrogens with one attached hydrogen (secondary N) is 2. The molecular formula is C21H29Cl2IN6. The van der Waals surface area contributed by atoms with E-state index in [9.17, 15) is 0 Å². The van der Waals surface area contributed by atoms with Crippen LogP contribution < -0.4 is 15.5 Å². The molecule has 0 spiro atoms. The number of halogens is 3. The molecule has 0 amide bonds. The highest BCUT2D eigenvalue weighted by Gasteiger charge is 2.15. The molecule has 1 aliphatic rings. The number of aromatic nitrogens is 1. The van der Waals surface area contributed by atoms with Gasteiger partial charge in [0, 0.05) is 56.0 Å². The van der Waals surface area contributed by atoms with Gasteiger partial charge in [0.1, 0.15) is 5.82 Å². The highest BCUT2D eigenvalue weighted by atomic mass is 127. The Kier molecular flexibility index (Phi) is 9.93. The fraction of sp³-hybridized carbons (Fsp3) is 0.429. The number of piperazine rings is 1. The van der Waals surface area contributed by atoms with Crippen molar-refractivity contribution in [2.75, 3.05) is 45.2 Å². The number of hydrogen-bond acceptors (Lipinski definition) is 4. The topological polar surface area (TPSA) is 55.8 Å². The highest BCUT2D eigenvalue weighted by molar-refractivity contribution is 14.0. The van der Waals surface area contributed by atoms with Crippen molar-refractivity contribution in [2.45, 2.75) is 19.5 Å². The summed E-state index contributed by atoms with van der Waals surface area (Å²) in [6.07, 6.45) is 1.92. The van der Waals surface area contributed by atoms with Crippen molar-refractivity contribution >= 4 is 59.0 Å². The van der Waals surface area contributed by atoms with Crippen LogP contribution >= 0.6 is 47.2 Å². The van der Waals surface area contributed by atoms with Crippen molar-refractivity contribution in [3.05, 3.63) is 57.7 Å². The Hall–Kier alpha value is -1.29. The zero-order valence-corrected chi connectivity index (χ0v) is 21.4. The average Bonchev–Trinajstić information content (AvgIpc) is 2.72. The number of nitrogens with zero attached hydrogens (tertiary/aromatic N) is 4. The van der Waals surface area contributed by atoms with E-state index >= 15 is 0 Å². The molecule has 2 aromatic rings. The quantitative estimate of drug-likeness (QED) is 0.325. The molecule has 1 aromatic carbocycles. The predicted octanol–water partition coefficient (Wildman–Crippen LogP) is 4.18. The lowest BCUT2D eigenvalue weighted by molar-refractivity contribution is 0.312. The minimum atomic E-state index is -0.0105. The summed E-state index contributed by atoms with van der Waals surface area (Å²) in [6, 6.07) is 9.71. The molecule has 2 N–H and O–H groups in total. The summed E-state index contributed by atoms with van der Waals surface area (Å²) in [5.74, 6) is 1.74. The van der Waals surface area contributed by atoms with Gasteiger partial charge < -0.3 is 20.4 Å². The molecule has 0 saturated carbocycles. The van der Waals surface area contributed by atoms with Gasteiger partial charge in [0.05, 0.1) is 6.04 Å². The van der Waals surface area contributed by atoms with Crippen LogP contribution in [-0.4, -0.2) is 56.1 Å². The van der Waals surface area contributed by atoms with Crippen LogP contribution in [0.3, 0.4) is 0 Å². The molecule has 1 saturated heterocycles. The molecule has 0 bridgehead atoms. The number of anilines is 1. The molecule has 3 rings (SSSR count). The number of benzene rings is 1. The summed E-state index contributed by atoms with van der Waals surface area (Å²) < 4.78 is 0. The van der Waals surface area contributed by atoms with Crippen molar-refractivity contribution in [1.82, 2.24) is 20.5 Å². The van der Waals surface area contributed by atoms with Gasteiger partial charge in [0.15, 0.2) is 5.96 Å². The van der Waals surface area contributed by atoms with Crippen molar-refractivity contribution in [3.63, 3.8) is 0 Å². The number of aliphatic imine (C=N–C) groups is 1. The first-order valence-corrected chi connectivity index (χ1v) is 10.5. The first kappa shape index (κ1) is 25.0. The monoisotopic (exact) mass is 562 g/mol. The summed E-state index contributed by atoms with van der Waals surface area (Å²) in [7, 11) is 3.91. The molecule has 6 nitrogen and oxygen atoms in total. The Morgan fingerprint density at radius 2 is 1.90 bits per heavy atom. The standard InChI is InChI=1S/C21H28Cl2N6.HI/c1-15(18-6-5-17(22)12-19(18)23)27-21(24-2)26-14-16-4-7-20(25-13-16)29-10-8-28(3)9-11-29;/h4-7,12-13,15H,8-11,14H2,1-3H3,(H2,24,26,27);1H. The average molecular weight is 563 g/mol. The normalized spacial score (nSPS) is 16.0. The van der Waals surface area contributed by atoms with Gasteiger partial charge in [0.25, 0.3) is 0 Å². The van der Waals surface area contributed by atoms with Gasteiger partial charge >= 0.3 is 0 Å². The maximum Gasteiger partial charge on any atom is 0.191 e. The van der Waals surface area contributed by atoms with E-state index in [-0.39, 0.29) is 30.0 Å². The SMILES string of the molecule is CN=C(NCc1ccc(N2CCN(C)CC2)nc1)NC(C)c1ccc(Cl)cc1Cl.I. The molecule has 1 atom stereocenters. The number of rotatable bonds is 5. The summed E-state index contributed by atoms with van der Waals surface area (Å²) in [6.45, 7) is 6.85. The van der Waals surface area contributed by atoms with E-state index in [2.05, 4.69) is 49.6 Å². The molecule has 2 heterocycles. The molecule has 9 heteroatoms. The highest BCUT2D eigenvalue weighted by Crippen LogP contribution is 2.26. The predicted molar refractivity (Wildman–Crippen MR) is 138 cm³/mol.